The maximum absolute atomic E-state index is 12.5. The number of benzene rings is 1. The van der Waals surface area contributed by atoms with E-state index in [0.29, 0.717) is 11.4 Å². The summed E-state index contributed by atoms with van der Waals surface area (Å²) in [6, 6.07) is 6.74. The Morgan fingerprint density at radius 2 is 2.00 bits per heavy atom. The third kappa shape index (κ3) is 3.05. The van der Waals surface area contributed by atoms with Crippen molar-refractivity contribution in [3.63, 3.8) is 0 Å². The van der Waals surface area contributed by atoms with Gasteiger partial charge < -0.3 is 5.73 Å². The van der Waals surface area contributed by atoms with Crippen molar-refractivity contribution in [1.82, 2.24) is 4.31 Å². The minimum absolute atomic E-state index is 0.0343. The SMILES string of the molecule is CN([C@H]1C=CCCC1)S(=O)(=O)c1ccc(CN)cc1. The van der Waals surface area contributed by atoms with Crippen LogP contribution in [0.4, 0.5) is 0 Å². The van der Waals surface area contributed by atoms with E-state index in [-0.39, 0.29) is 6.04 Å². The summed E-state index contributed by atoms with van der Waals surface area (Å²) >= 11 is 0. The molecule has 0 aromatic heterocycles. The lowest BCUT2D eigenvalue weighted by Gasteiger charge is -2.27. The van der Waals surface area contributed by atoms with Gasteiger partial charge in [0.2, 0.25) is 10.0 Å². The first kappa shape index (κ1) is 14.2. The van der Waals surface area contributed by atoms with Gasteiger partial charge in [0.05, 0.1) is 4.90 Å². The minimum atomic E-state index is -3.42. The molecule has 4 nitrogen and oxygen atoms in total. The number of nitrogens with zero attached hydrogens (tertiary/aromatic N) is 1. The Morgan fingerprint density at radius 1 is 1.32 bits per heavy atom. The third-order valence-corrected chi connectivity index (χ3v) is 5.43. The van der Waals surface area contributed by atoms with Gasteiger partial charge in [-0.1, -0.05) is 24.3 Å². The average Bonchev–Trinajstić information content (AvgIpc) is 2.47. The van der Waals surface area contributed by atoms with Crippen LogP contribution in [0.15, 0.2) is 41.3 Å². The third-order valence-electron chi connectivity index (χ3n) is 3.53. The highest BCUT2D eigenvalue weighted by atomic mass is 32.2. The van der Waals surface area contributed by atoms with Gasteiger partial charge >= 0.3 is 0 Å². The number of sulfonamides is 1. The van der Waals surface area contributed by atoms with Crippen molar-refractivity contribution in [3.8, 4) is 0 Å². The molecule has 0 amide bonds. The molecule has 0 spiro atoms. The lowest BCUT2D eigenvalue weighted by Crippen LogP contribution is -2.36. The van der Waals surface area contributed by atoms with E-state index in [4.69, 9.17) is 5.73 Å². The Bertz CT molecular complexity index is 549. The van der Waals surface area contributed by atoms with Gasteiger partial charge in [-0.25, -0.2) is 8.42 Å². The molecule has 1 aromatic rings. The molecule has 0 fully saturated rings. The summed E-state index contributed by atoms with van der Waals surface area (Å²) in [5.74, 6) is 0. The maximum Gasteiger partial charge on any atom is 0.243 e. The molecular weight excluding hydrogens is 260 g/mol. The number of nitrogens with two attached hydrogens (primary N) is 1. The fraction of sp³-hybridized carbons (Fsp3) is 0.429. The summed E-state index contributed by atoms with van der Waals surface area (Å²) in [4.78, 5) is 0.325. The van der Waals surface area contributed by atoms with Crippen molar-refractivity contribution in [2.45, 2.75) is 36.7 Å². The number of likely N-dealkylation sites (N-methyl/N-ethyl adjacent to an activating group) is 1. The summed E-state index contributed by atoms with van der Waals surface area (Å²) in [5, 5.41) is 0. The molecule has 2 N–H and O–H groups in total. The van der Waals surface area contributed by atoms with Gasteiger partial charge in [-0.3, -0.25) is 0 Å². The van der Waals surface area contributed by atoms with E-state index >= 15 is 0 Å². The number of hydrogen-bond acceptors (Lipinski definition) is 3. The van der Waals surface area contributed by atoms with E-state index in [1.54, 1.807) is 31.3 Å². The van der Waals surface area contributed by atoms with E-state index in [0.717, 1.165) is 24.8 Å². The van der Waals surface area contributed by atoms with Gasteiger partial charge in [0.15, 0.2) is 0 Å². The molecule has 2 rings (SSSR count). The fourth-order valence-corrected chi connectivity index (χ4v) is 3.58. The van der Waals surface area contributed by atoms with Gasteiger partial charge in [0, 0.05) is 19.6 Å². The monoisotopic (exact) mass is 280 g/mol. The molecule has 0 radical (unpaired) electrons. The van der Waals surface area contributed by atoms with Crippen molar-refractivity contribution in [2.24, 2.45) is 5.73 Å². The summed E-state index contributed by atoms with van der Waals surface area (Å²) in [7, 11) is -1.78. The van der Waals surface area contributed by atoms with E-state index < -0.39 is 10.0 Å². The Morgan fingerprint density at radius 3 is 2.53 bits per heavy atom. The molecule has 0 bridgehead atoms. The molecule has 0 heterocycles. The minimum Gasteiger partial charge on any atom is -0.326 e. The molecule has 0 unspecified atom stereocenters. The highest BCUT2D eigenvalue weighted by molar-refractivity contribution is 7.89. The Balaban J connectivity index is 2.25. The van der Waals surface area contributed by atoms with Crippen LogP contribution in [-0.2, 0) is 16.6 Å². The van der Waals surface area contributed by atoms with Crippen LogP contribution < -0.4 is 5.73 Å². The first-order valence-electron chi connectivity index (χ1n) is 6.49. The standard InChI is InChI=1S/C14H20N2O2S/c1-16(13-5-3-2-4-6-13)19(17,18)14-9-7-12(11-15)8-10-14/h3,5,7-10,13H,2,4,6,11,15H2,1H3/t13-/m0/s1. The number of hydrogen-bond donors (Lipinski definition) is 1. The van der Waals surface area contributed by atoms with Crippen LogP contribution in [-0.4, -0.2) is 25.8 Å². The van der Waals surface area contributed by atoms with Gasteiger partial charge in [-0.05, 0) is 37.0 Å². The van der Waals surface area contributed by atoms with Gasteiger partial charge in [-0.15, -0.1) is 0 Å². The molecule has 5 heteroatoms. The van der Waals surface area contributed by atoms with Crippen LogP contribution in [0, 0.1) is 0 Å². The predicted octanol–water partition coefficient (Wildman–Crippen LogP) is 1.87. The van der Waals surface area contributed by atoms with Crippen LogP contribution >= 0.6 is 0 Å². The lowest BCUT2D eigenvalue weighted by molar-refractivity contribution is 0.386. The summed E-state index contributed by atoms with van der Waals surface area (Å²) in [6.07, 6.45) is 6.99. The van der Waals surface area contributed by atoms with Crippen molar-refractivity contribution in [1.29, 1.82) is 0 Å². The lowest BCUT2D eigenvalue weighted by atomic mass is 10.0. The van der Waals surface area contributed by atoms with E-state index in [1.165, 1.54) is 4.31 Å². The zero-order valence-electron chi connectivity index (χ0n) is 11.1. The van der Waals surface area contributed by atoms with Crippen LogP contribution in [0.3, 0.4) is 0 Å². The van der Waals surface area contributed by atoms with E-state index in [1.807, 2.05) is 6.08 Å². The smallest absolute Gasteiger partial charge is 0.243 e. The van der Waals surface area contributed by atoms with E-state index in [9.17, 15) is 8.42 Å². The average molecular weight is 280 g/mol. The molecule has 0 aliphatic heterocycles. The van der Waals surface area contributed by atoms with Gasteiger partial charge in [0.1, 0.15) is 0 Å². The van der Waals surface area contributed by atoms with Crippen LogP contribution in [0.25, 0.3) is 0 Å². The summed E-state index contributed by atoms with van der Waals surface area (Å²) < 4.78 is 26.4. The highest BCUT2D eigenvalue weighted by Crippen LogP contribution is 2.22. The second kappa shape index (κ2) is 5.86. The second-order valence-corrected chi connectivity index (χ2v) is 6.79. The largest absolute Gasteiger partial charge is 0.326 e. The first-order valence-corrected chi connectivity index (χ1v) is 7.93. The molecule has 1 aliphatic carbocycles. The predicted molar refractivity (Wildman–Crippen MR) is 76.1 cm³/mol. The number of allylic oxidation sites excluding steroid dienone is 1. The van der Waals surface area contributed by atoms with Crippen molar-refractivity contribution in [2.75, 3.05) is 7.05 Å². The molecule has 1 atom stereocenters. The van der Waals surface area contributed by atoms with Gasteiger partial charge in [-0.2, -0.15) is 4.31 Å². The fourth-order valence-electron chi connectivity index (χ4n) is 2.24. The normalized spacial score (nSPS) is 19.8. The second-order valence-electron chi connectivity index (χ2n) is 4.80. The quantitative estimate of drug-likeness (QED) is 0.856. The van der Waals surface area contributed by atoms with Crippen LogP contribution in [0.5, 0.6) is 0 Å². The van der Waals surface area contributed by atoms with E-state index in [2.05, 4.69) is 6.08 Å². The molecule has 1 aromatic carbocycles. The Labute approximate surface area is 115 Å². The van der Waals surface area contributed by atoms with Gasteiger partial charge in [0.25, 0.3) is 0 Å². The highest BCUT2D eigenvalue weighted by Gasteiger charge is 2.26. The van der Waals surface area contributed by atoms with Crippen LogP contribution in [0.1, 0.15) is 24.8 Å². The Hall–Kier alpha value is -1.17. The zero-order chi connectivity index (χ0) is 13.9. The summed E-state index contributed by atoms with van der Waals surface area (Å²) in [5.41, 5.74) is 6.45. The molecular formula is C14H20N2O2S. The zero-order valence-corrected chi connectivity index (χ0v) is 11.9. The number of rotatable bonds is 4. The van der Waals surface area contributed by atoms with Crippen molar-refractivity contribution in [3.05, 3.63) is 42.0 Å². The van der Waals surface area contributed by atoms with Crippen molar-refractivity contribution >= 4 is 10.0 Å². The first-order chi connectivity index (χ1) is 9.05. The topological polar surface area (TPSA) is 63.4 Å². The molecule has 0 saturated heterocycles. The molecule has 104 valence electrons. The summed E-state index contributed by atoms with van der Waals surface area (Å²) in [6.45, 7) is 0.418. The van der Waals surface area contributed by atoms with Crippen LogP contribution in [0.2, 0.25) is 0 Å². The molecule has 19 heavy (non-hydrogen) atoms. The van der Waals surface area contributed by atoms with Crippen molar-refractivity contribution < 1.29 is 8.42 Å². The molecule has 0 saturated carbocycles. The molecule has 1 aliphatic rings. The Kier molecular flexibility index (Phi) is 4.39. The maximum atomic E-state index is 12.5.